The van der Waals surface area contributed by atoms with Crippen LogP contribution in [0.4, 0.5) is 0 Å². The minimum atomic E-state index is 0.795. The van der Waals surface area contributed by atoms with Gasteiger partial charge in [-0.25, -0.2) is 0 Å². The van der Waals surface area contributed by atoms with E-state index in [9.17, 15) is 0 Å². The average Bonchev–Trinajstić information content (AvgIpc) is 2.47. The molecule has 2 aliphatic heterocycles. The first-order valence-electron chi connectivity index (χ1n) is 8.41. The topological polar surface area (TPSA) is 3.24 Å². The molecule has 3 rings (SSSR count). The van der Waals surface area contributed by atoms with Crippen LogP contribution in [0.2, 0.25) is 0 Å². The maximum Gasteiger partial charge on any atom is 0.0367 e. The average molecular weight is 275 g/mol. The molecule has 1 nitrogen and oxygen atoms in total. The van der Waals surface area contributed by atoms with Crippen LogP contribution < -0.4 is 0 Å². The van der Waals surface area contributed by atoms with Gasteiger partial charge >= 0.3 is 0 Å². The number of hydrogen-bond donors (Lipinski definition) is 0. The molecule has 2 unspecified atom stereocenters. The van der Waals surface area contributed by atoms with E-state index in [0.29, 0.717) is 0 Å². The highest BCUT2D eigenvalue weighted by Crippen LogP contribution is 2.45. The van der Waals surface area contributed by atoms with E-state index in [1.807, 2.05) is 13.8 Å². The van der Waals surface area contributed by atoms with Gasteiger partial charge in [0.1, 0.15) is 0 Å². The predicted octanol–water partition coefficient (Wildman–Crippen LogP) is 5.56. The Morgan fingerprint density at radius 2 is 1.60 bits per heavy atom. The Morgan fingerprint density at radius 1 is 1.00 bits per heavy atom. The SMILES string of the molecule is CC.C\C=C/C=C(\C=C/C)N1C2CC(C(C)C)CC1C2. The van der Waals surface area contributed by atoms with Crippen molar-refractivity contribution in [2.45, 2.75) is 72.9 Å². The van der Waals surface area contributed by atoms with Crippen molar-refractivity contribution in [3.8, 4) is 0 Å². The molecular formula is C19H33N. The normalized spacial score (nSPS) is 29.6. The van der Waals surface area contributed by atoms with E-state index in [2.05, 4.69) is 63.0 Å². The summed E-state index contributed by atoms with van der Waals surface area (Å²) in [5.74, 6) is 1.79. The van der Waals surface area contributed by atoms with Crippen molar-refractivity contribution in [2.75, 3.05) is 0 Å². The Hall–Kier alpha value is -0.980. The Bertz CT molecular complexity index is 350. The molecule has 114 valence electrons. The van der Waals surface area contributed by atoms with Crippen LogP contribution in [-0.4, -0.2) is 17.0 Å². The summed E-state index contributed by atoms with van der Waals surface area (Å²) in [6.07, 6.45) is 15.1. The molecule has 2 atom stereocenters. The van der Waals surface area contributed by atoms with Gasteiger partial charge in [0.05, 0.1) is 0 Å². The second-order valence-electron chi connectivity index (χ2n) is 6.04. The van der Waals surface area contributed by atoms with Crippen LogP contribution >= 0.6 is 0 Å². The van der Waals surface area contributed by atoms with Gasteiger partial charge in [0.25, 0.3) is 0 Å². The van der Waals surface area contributed by atoms with Gasteiger partial charge in [-0.2, -0.15) is 0 Å². The summed E-state index contributed by atoms with van der Waals surface area (Å²) in [6, 6.07) is 1.59. The smallest absolute Gasteiger partial charge is 0.0367 e. The highest BCUT2D eigenvalue weighted by Gasteiger charge is 2.45. The lowest BCUT2D eigenvalue weighted by Crippen LogP contribution is -2.60. The molecule has 0 radical (unpaired) electrons. The Balaban J connectivity index is 0.000000956. The van der Waals surface area contributed by atoms with Gasteiger partial charge in [-0.1, -0.05) is 45.9 Å². The first kappa shape index (κ1) is 17.1. The lowest BCUT2D eigenvalue weighted by Gasteiger charge is -2.58. The van der Waals surface area contributed by atoms with Gasteiger partial charge in [-0.15, -0.1) is 0 Å². The summed E-state index contributed by atoms with van der Waals surface area (Å²) >= 11 is 0. The predicted molar refractivity (Wildman–Crippen MR) is 90.7 cm³/mol. The summed E-state index contributed by atoms with van der Waals surface area (Å²) in [4.78, 5) is 2.65. The lowest BCUT2D eigenvalue weighted by atomic mass is 9.69. The first-order valence-corrected chi connectivity index (χ1v) is 8.41. The van der Waals surface area contributed by atoms with Crippen molar-refractivity contribution in [1.82, 2.24) is 4.90 Å². The molecule has 3 aliphatic rings. The summed E-state index contributed by atoms with van der Waals surface area (Å²) in [5.41, 5.74) is 1.40. The number of nitrogens with zero attached hydrogens (tertiary/aromatic N) is 1. The van der Waals surface area contributed by atoms with Crippen LogP contribution in [-0.2, 0) is 0 Å². The van der Waals surface area contributed by atoms with Gasteiger partial charge in [0, 0.05) is 17.8 Å². The molecule has 0 aromatic carbocycles. The molecular weight excluding hydrogens is 242 g/mol. The van der Waals surface area contributed by atoms with E-state index in [-0.39, 0.29) is 0 Å². The van der Waals surface area contributed by atoms with E-state index in [0.717, 1.165) is 23.9 Å². The lowest BCUT2D eigenvalue weighted by molar-refractivity contribution is -0.0307. The molecule has 0 aromatic rings. The van der Waals surface area contributed by atoms with Gasteiger partial charge in [-0.05, 0) is 57.1 Å². The van der Waals surface area contributed by atoms with E-state index in [1.165, 1.54) is 25.0 Å². The third-order valence-electron chi connectivity index (χ3n) is 4.52. The molecule has 0 amide bonds. The minimum absolute atomic E-state index is 0.795. The molecule has 0 spiro atoms. The summed E-state index contributed by atoms with van der Waals surface area (Å²) in [5, 5.41) is 0. The van der Waals surface area contributed by atoms with Crippen LogP contribution in [0.25, 0.3) is 0 Å². The maximum atomic E-state index is 2.65. The maximum absolute atomic E-state index is 2.65. The van der Waals surface area contributed by atoms with E-state index in [4.69, 9.17) is 0 Å². The van der Waals surface area contributed by atoms with E-state index in [1.54, 1.807) is 0 Å². The van der Waals surface area contributed by atoms with Gasteiger partial charge in [0.15, 0.2) is 0 Å². The molecule has 0 N–H and O–H groups in total. The van der Waals surface area contributed by atoms with Crippen LogP contribution in [0.3, 0.4) is 0 Å². The third kappa shape index (κ3) is 3.77. The van der Waals surface area contributed by atoms with Crippen molar-refractivity contribution >= 4 is 0 Å². The Labute approximate surface area is 126 Å². The van der Waals surface area contributed by atoms with Crippen molar-refractivity contribution in [3.05, 3.63) is 36.1 Å². The molecule has 1 aliphatic carbocycles. The van der Waals surface area contributed by atoms with Crippen molar-refractivity contribution in [3.63, 3.8) is 0 Å². The van der Waals surface area contributed by atoms with Gasteiger partial charge < -0.3 is 4.90 Å². The summed E-state index contributed by atoms with van der Waals surface area (Å²) < 4.78 is 0. The number of rotatable bonds is 4. The van der Waals surface area contributed by atoms with E-state index >= 15 is 0 Å². The largest absolute Gasteiger partial charge is 0.365 e. The number of fused-ring (bicyclic) bond motifs is 2. The summed E-state index contributed by atoms with van der Waals surface area (Å²) in [6.45, 7) is 12.9. The Kier molecular flexibility index (Phi) is 7.12. The molecule has 1 heteroatoms. The molecule has 0 aromatic heterocycles. The Morgan fingerprint density at radius 3 is 2.05 bits per heavy atom. The second kappa shape index (κ2) is 8.34. The number of hydrogen-bond acceptors (Lipinski definition) is 1. The van der Waals surface area contributed by atoms with Gasteiger partial charge in [0.2, 0.25) is 0 Å². The molecule has 2 saturated heterocycles. The molecule has 2 heterocycles. The third-order valence-corrected chi connectivity index (χ3v) is 4.52. The highest BCUT2D eigenvalue weighted by atomic mass is 15.3. The van der Waals surface area contributed by atoms with Crippen molar-refractivity contribution in [1.29, 1.82) is 0 Å². The highest BCUT2D eigenvalue weighted by molar-refractivity contribution is 5.27. The fraction of sp³-hybridized carbons (Fsp3) is 0.684. The standard InChI is InChI=1S/C17H27N.C2H6/c1-5-7-9-15(8-6-2)18-16-10-14(13(3)4)11-17(18)12-16;1-2/h5-9,13-14,16-17H,10-12H2,1-4H3;1-2H3/b7-5-,8-6-,15-9+;. The van der Waals surface area contributed by atoms with Crippen LogP contribution in [0.5, 0.6) is 0 Å². The minimum Gasteiger partial charge on any atom is -0.365 e. The van der Waals surface area contributed by atoms with Crippen LogP contribution in [0, 0.1) is 11.8 Å². The molecule has 2 bridgehead atoms. The number of allylic oxidation sites excluding steroid dienone is 5. The zero-order valence-electron chi connectivity index (χ0n) is 14.3. The van der Waals surface area contributed by atoms with Crippen molar-refractivity contribution in [2.24, 2.45) is 11.8 Å². The fourth-order valence-corrected chi connectivity index (χ4v) is 3.48. The zero-order valence-corrected chi connectivity index (χ0v) is 14.3. The monoisotopic (exact) mass is 275 g/mol. The number of piperidine rings is 1. The van der Waals surface area contributed by atoms with E-state index < -0.39 is 0 Å². The molecule has 20 heavy (non-hydrogen) atoms. The van der Waals surface area contributed by atoms with Crippen LogP contribution in [0.1, 0.15) is 60.8 Å². The van der Waals surface area contributed by atoms with Crippen molar-refractivity contribution < 1.29 is 0 Å². The van der Waals surface area contributed by atoms with Gasteiger partial charge in [-0.3, -0.25) is 0 Å². The zero-order chi connectivity index (χ0) is 15.1. The second-order valence-corrected chi connectivity index (χ2v) is 6.04. The quantitative estimate of drug-likeness (QED) is 0.607. The first-order chi connectivity index (χ1) is 9.67. The molecule has 3 fully saturated rings. The van der Waals surface area contributed by atoms with Crippen LogP contribution in [0.15, 0.2) is 36.1 Å². The molecule has 1 saturated carbocycles. The fourth-order valence-electron chi connectivity index (χ4n) is 3.48. The summed E-state index contributed by atoms with van der Waals surface area (Å²) in [7, 11) is 0.